The van der Waals surface area contributed by atoms with Crippen LogP contribution in [0.2, 0.25) is 0 Å². The van der Waals surface area contributed by atoms with E-state index in [1.807, 2.05) is 4.90 Å². The maximum absolute atomic E-state index is 13.8. The number of rotatable bonds is 2. The van der Waals surface area contributed by atoms with E-state index in [1.165, 1.54) is 19.6 Å². The van der Waals surface area contributed by atoms with Crippen LogP contribution in [0.15, 0.2) is 18.2 Å². The fraction of sp³-hybridized carbons (Fsp3) is 0.562. The number of amides is 1. The molecule has 2 fully saturated rings. The lowest BCUT2D eigenvalue weighted by atomic mass is 10.1. The third-order valence-corrected chi connectivity index (χ3v) is 4.49. The summed E-state index contributed by atoms with van der Waals surface area (Å²) in [6.07, 6.45) is 3.32. The standard InChI is InChI=1S/C16H21FN2O2/c1-21-15-13(6-2-7-14(15)17)16(20)19-10-4-9-18-8-3-5-12(18)11-19/h2,6-7,12H,3-5,8-11H2,1H3/t12-/m0/s1. The molecule has 2 aliphatic heterocycles. The molecule has 1 aromatic rings. The molecule has 4 nitrogen and oxygen atoms in total. The lowest BCUT2D eigenvalue weighted by Crippen LogP contribution is -2.39. The molecule has 0 aliphatic carbocycles. The number of ether oxygens (including phenoxy) is 1. The number of methoxy groups -OCH3 is 1. The van der Waals surface area contributed by atoms with Gasteiger partial charge in [-0.15, -0.1) is 0 Å². The van der Waals surface area contributed by atoms with Gasteiger partial charge in [0.15, 0.2) is 11.6 Å². The van der Waals surface area contributed by atoms with Gasteiger partial charge in [-0.1, -0.05) is 6.07 Å². The number of carbonyl (C=O) groups is 1. The van der Waals surface area contributed by atoms with E-state index in [-0.39, 0.29) is 11.7 Å². The minimum absolute atomic E-state index is 0.0509. The zero-order valence-electron chi connectivity index (χ0n) is 12.3. The lowest BCUT2D eigenvalue weighted by Gasteiger charge is -2.26. The second-order valence-corrected chi connectivity index (χ2v) is 5.76. The molecule has 114 valence electrons. The van der Waals surface area contributed by atoms with Crippen molar-refractivity contribution in [1.29, 1.82) is 0 Å². The maximum Gasteiger partial charge on any atom is 0.257 e. The second kappa shape index (κ2) is 6.02. The molecular formula is C16H21FN2O2. The molecule has 0 spiro atoms. The summed E-state index contributed by atoms with van der Waals surface area (Å²) in [5.41, 5.74) is 0.323. The highest BCUT2D eigenvalue weighted by atomic mass is 19.1. The van der Waals surface area contributed by atoms with Gasteiger partial charge >= 0.3 is 0 Å². The normalized spacial score (nSPS) is 22.8. The van der Waals surface area contributed by atoms with E-state index in [1.54, 1.807) is 12.1 Å². The van der Waals surface area contributed by atoms with Crippen LogP contribution in [0, 0.1) is 5.82 Å². The van der Waals surface area contributed by atoms with Crippen molar-refractivity contribution in [3.63, 3.8) is 0 Å². The van der Waals surface area contributed by atoms with E-state index in [0.29, 0.717) is 11.6 Å². The monoisotopic (exact) mass is 292 g/mol. The van der Waals surface area contributed by atoms with Crippen LogP contribution in [0.25, 0.3) is 0 Å². The summed E-state index contributed by atoms with van der Waals surface area (Å²) in [4.78, 5) is 17.1. The van der Waals surface area contributed by atoms with Crippen molar-refractivity contribution in [2.75, 3.05) is 33.3 Å². The predicted octanol–water partition coefficient (Wildman–Crippen LogP) is 2.14. The van der Waals surface area contributed by atoms with Gasteiger partial charge < -0.3 is 9.64 Å². The molecule has 0 N–H and O–H groups in total. The van der Waals surface area contributed by atoms with Gasteiger partial charge in [-0.2, -0.15) is 0 Å². The molecule has 1 atom stereocenters. The van der Waals surface area contributed by atoms with Crippen LogP contribution >= 0.6 is 0 Å². The van der Waals surface area contributed by atoms with Crippen LogP contribution in [0.1, 0.15) is 29.6 Å². The fourth-order valence-electron chi connectivity index (χ4n) is 3.45. The molecule has 0 bridgehead atoms. The Morgan fingerprint density at radius 3 is 2.90 bits per heavy atom. The molecule has 0 saturated carbocycles. The third-order valence-electron chi connectivity index (χ3n) is 4.49. The Bertz CT molecular complexity index is 535. The number of benzene rings is 1. The van der Waals surface area contributed by atoms with Gasteiger partial charge in [0.05, 0.1) is 12.7 Å². The lowest BCUT2D eigenvalue weighted by molar-refractivity contribution is 0.0739. The first-order valence-electron chi connectivity index (χ1n) is 7.56. The average Bonchev–Trinajstić information content (AvgIpc) is 2.83. The Morgan fingerprint density at radius 1 is 1.29 bits per heavy atom. The number of nitrogens with zero attached hydrogens (tertiary/aromatic N) is 2. The summed E-state index contributed by atoms with van der Waals surface area (Å²) in [5.74, 6) is -0.559. The summed E-state index contributed by atoms with van der Waals surface area (Å²) in [6, 6.07) is 4.97. The van der Waals surface area contributed by atoms with Gasteiger partial charge in [0, 0.05) is 25.7 Å². The van der Waals surface area contributed by atoms with E-state index in [4.69, 9.17) is 4.74 Å². The number of para-hydroxylation sites is 1. The van der Waals surface area contributed by atoms with Crippen molar-refractivity contribution in [2.45, 2.75) is 25.3 Å². The molecule has 2 aliphatic rings. The first kappa shape index (κ1) is 14.3. The summed E-state index contributed by atoms with van der Waals surface area (Å²) < 4.78 is 18.8. The van der Waals surface area contributed by atoms with Gasteiger partial charge in [0.25, 0.3) is 5.91 Å². The van der Waals surface area contributed by atoms with Crippen molar-refractivity contribution >= 4 is 5.91 Å². The maximum atomic E-state index is 13.8. The molecular weight excluding hydrogens is 271 g/mol. The van der Waals surface area contributed by atoms with Crippen molar-refractivity contribution in [3.05, 3.63) is 29.6 Å². The molecule has 0 unspecified atom stereocenters. The fourth-order valence-corrected chi connectivity index (χ4v) is 3.45. The van der Waals surface area contributed by atoms with Crippen LogP contribution in [0.4, 0.5) is 4.39 Å². The quantitative estimate of drug-likeness (QED) is 0.837. The van der Waals surface area contributed by atoms with Crippen LogP contribution in [-0.4, -0.2) is 55.0 Å². The summed E-state index contributed by atoms with van der Waals surface area (Å²) in [6.45, 7) is 3.65. The van der Waals surface area contributed by atoms with E-state index < -0.39 is 5.82 Å². The van der Waals surface area contributed by atoms with Gasteiger partial charge in [0.2, 0.25) is 0 Å². The molecule has 2 heterocycles. The highest BCUT2D eigenvalue weighted by molar-refractivity contribution is 5.97. The minimum atomic E-state index is -0.485. The third kappa shape index (κ3) is 2.75. The number of carbonyl (C=O) groups excluding carboxylic acids is 1. The van der Waals surface area contributed by atoms with Gasteiger partial charge in [-0.25, -0.2) is 4.39 Å². The summed E-state index contributed by atoms with van der Waals surface area (Å²) in [5, 5.41) is 0. The van der Waals surface area contributed by atoms with Crippen LogP contribution in [0.3, 0.4) is 0 Å². The predicted molar refractivity (Wildman–Crippen MR) is 78.1 cm³/mol. The molecule has 5 heteroatoms. The number of hydrogen-bond acceptors (Lipinski definition) is 3. The first-order chi connectivity index (χ1) is 10.2. The molecule has 1 aromatic carbocycles. The van der Waals surface area contributed by atoms with Crippen molar-refractivity contribution in [2.24, 2.45) is 0 Å². The molecule has 0 radical (unpaired) electrons. The van der Waals surface area contributed by atoms with Crippen molar-refractivity contribution < 1.29 is 13.9 Å². The molecule has 2 saturated heterocycles. The Hall–Kier alpha value is -1.62. The summed E-state index contributed by atoms with van der Waals surface area (Å²) in [7, 11) is 1.40. The van der Waals surface area contributed by atoms with E-state index in [9.17, 15) is 9.18 Å². The zero-order chi connectivity index (χ0) is 14.8. The van der Waals surface area contributed by atoms with Crippen LogP contribution < -0.4 is 4.74 Å². The highest BCUT2D eigenvalue weighted by Crippen LogP contribution is 2.26. The second-order valence-electron chi connectivity index (χ2n) is 5.76. The Morgan fingerprint density at radius 2 is 2.10 bits per heavy atom. The zero-order valence-corrected chi connectivity index (χ0v) is 12.3. The Balaban J connectivity index is 1.83. The van der Waals surface area contributed by atoms with Crippen molar-refractivity contribution in [3.8, 4) is 5.75 Å². The SMILES string of the molecule is COc1c(F)cccc1C(=O)N1CCCN2CCC[C@H]2C1. The topological polar surface area (TPSA) is 32.8 Å². The number of halogens is 1. The van der Waals surface area contributed by atoms with Crippen LogP contribution in [0.5, 0.6) is 5.75 Å². The van der Waals surface area contributed by atoms with E-state index >= 15 is 0 Å². The van der Waals surface area contributed by atoms with Gasteiger partial charge in [-0.05, 0) is 37.9 Å². The molecule has 0 aromatic heterocycles. The Kier molecular flexibility index (Phi) is 4.10. The molecule has 21 heavy (non-hydrogen) atoms. The van der Waals surface area contributed by atoms with E-state index in [0.717, 1.165) is 39.0 Å². The average molecular weight is 292 g/mol. The smallest absolute Gasteiger partial charge is 0.257 e. The number of fused-ring (bicyclic) bond motifs is 1. The molecule has 1 amide bonds. The van der Waals surface area contributed by atoms with E-state index in [2.05, 4.69) is 4.90 Å². The molecule has 3 rings (SSSR count). The van der Waals surface area contributed by atoms with Gasteiger partial charge in [0.1, 0.15) is 0 Å². The van der Waals surface area contributed by atoms with Crippen LogP contribution in [-0.2, 0) is 0 Å². The Labute approximate surface area is 124 Å². The highest BCUT2D eigenvalue weighted by Gasteiger charge is 2.31. The first-order valence-corrected chi connectivity index (χ1v) is 7.56. The summed E-state index contributed by atoms with van der Waals surface area (Å²) >= 11 is 0. The largest absolute Gasteiger partial charge is 0.493 e. The van der Waals surface area contributed by atoms with Crippen molar-refractivity contribution in [1.82, 2.24) is 9.80 Å². The number of hydrogen-bond donors (Lipinski definition) is 0. The minimum Gasteiger partial charge on any atom is -0.493 e. The van der Waals surface area contributed by atoms with Gasteiger partial charge in [-0.3, -0.25) is 9.69 Å².